The van der Waals surface area contributed by atoms with E-state index in [0.717, 1.165) is 43.0 Å². The van der Waals surface area contributed by atoms with Gasteiger partial charge in [-0.3, -0.25) is 9.59 Å². The smallest absolute Gasteiger partial charge is 0.273 e. The predicted molar refractivity (Wildman–Crippen MR) is 149 cm³/mol. The molecule has 194 valence electrons. The molecule has 3 aromatic carbocycles. The number of nitrogens with zero attached hydrogens (tertiary/aromatic N) is 3. The van der Waals surface area contributed by atoms with Crippen molar-refractivity contribution in [1.29, 1.82) is 0 Å². The zero-order valence-corrected chi connectivity index (χ0v) is 21.1. The molecule has 38 heavy (non-hydrogen) atoms. The molecule has 0 saturated carbocycles. The van der Waals surface area contributed by atoms with E-state index in [1.807, 2.05) is 72.8 Å². The Morgan fingerprint density at radius 3 is 1.84 bits per heavy atom. The summed E-state index contributed by atoms with van der Waals surface area (Å²) in [5, 5.41) is 18.8. The van der Waals surface area contributed by atoms with Crippen LogP contribution in [0.5, 0.6) is 0 Å². The van der Waals surface area contributed by atoms with Gasteiger partial charge in [0, 0.05) is 54.1 Å². The lowest BCUT2D eigenvalue weighted by Gasteiger charge is -2.31. The van der Waals surface area contributed by atoms with Gasteiger partial charge >= 0.3 is 0 Å². The van der Waals surface area contributed by atoms with E-state index in [9.17, 15) is 14.7 Å². The molecule has 5 rings (SSSR count). The van der Waals surface area contributed by atoms with Crippen LogP contribution in [0.4, 0.5) is 28.4 Å². The van der Waals surface area contributed by atoms with Crippen LogP contribution in [0.15, 0.2) is 85.3 Å². The summed E-state index contributed by atoms with van der Waals surface area (Å²) < 4.78 is 1.66. The van der Waals surface area contributed by atoms with Gasteiger partial charge in [0.05, 0.1) is 18.6 Å². The highest BCUT2D eigenvalue weighted by Crippen LogP contribution is 2.23. The summed E-state index contributed by atoms with van der Waals surface area (Å²) in [5.41, 5.74) is 5.24. The average molecular weight is 511 g/mol. The van der Waals surface area contributed by atoms with Crippen LogP contribution in [0.2, 0.25) is 0 Å². The standard InChI is InChI=1S/C29H30N6O3/c1-34-19-30-18-27(34)29(38)33-24-10-6-22(7-11-24)31-21-4-8-23(9-5-21)32-28(37)20-2-12-25(13-3-20)35-16-14-26(36)15-17-35/h2-13,18-19,26,31,36H,14-17H2,1H3,(H,32,37)(H,33,38). The van der Waals surface area contributed by atoms with Crippen LogP contribution in [-0.4, -0.2) is 45.7 Å². The third-order valence-electron chi connectivity index (χ3n) is 6.58. The molecule has 1 aliphatic heterocycles. The molecular formula is C29H30N6O3. The Morgan fingerprint density at radius 1 is 0.789 bits per heavy atom. The molecule has 1 fully saturated rings. The Hall–Kier alpha value is -4.63. The van der Waals surface area contributed by atoms with Crippen molar-refractivity contribution in [2.75, 3.05) is 33.9 Å². The number of anilines is 5. The van der Waals surface area contributed by atoms with E-state index in [4.69, 9.17) is 0 Å². The summed E-state index contributed by atoms with van der Waals surface area (Å²) in [6.45, 7) is 1.64. The highest BCUT2D eigenvalue weighted by Gasteiger charge is 2.17. The fraction of sp³-hybridized carbons (Fsp3) is 0.207. The van der Waals surface area contributed by atoms with Gasteiger partial charge < -0.3 is 30.5 Å². The van der Waals surface area contributed by atoms with E-state index in [0.29, 0.717) is 22.6 Å². The van der Waals surface area contributed by atoms with Crippen molar-refractivity contribution >= 4 is 40.3 Å². The zero-order chi connectivity index (χ0) is 26.5. The van der Waals surface area contributed by atoms with Crippen LogP contribution >= 0.6 is 0 Å². The van der Waals surface area contributed by atoms with Crippen molar-refractivity contribution in [2.24, 2.45) is 7.05 Å². The fourth-order valence-electron chi connectivity index (χ4n) is 4.36. The summed E-state index contributed by atoms with van der Waals surface area (Å²) in [4.78, 5) is 31.2. The van der Waals surface area contributed by atoms with E-state index in [1.165, 1.54) is 6.20 Å². The van der Waals surface area contributed by atoms with Crippen LogP contribution < -0.4 is 20.9 Å². The lowest BCUT2D eigenvalue weighted by Crippen LogP contribution is -2.35. The number of carbonyl (C=O) groups is 2. The molecule has 0 unspecified atom stereocenters. The van der Waals surface area contributed by atoms with Gasteiger partial charge in [-0.05, 0) is 85.6 Å². The van der Waals surface area contributed by atoms with E-state index < -0.39 is 0 Å². The second-order valence-corrected chi connectivity index (χ2v) is 9.34. The molecule has 2 heterocycles. The molecule has 0 aliphatic carbocycles. The first-order valence-electron chi connectivity index (χ1n) is 12.5. The van der Waals surface area contributed by atoms with Crippen molar-refractivity contribution < 1.29 is 14.7 Å². The summed E-state index contributed by atoms with van der Waals surface area (Å²) in [7, 11) is 1.77. The predicted octanol–water partition coefficient (Wildman–Crippen LogP) is 4.63. The number of rotatable bonds is 7. The molecule has 4 aromatic rings. The summed E-state index contributed by atoms with van der Waals surface area (Å²) in [6.07, 6.45) is 4.43. The molecule has 0 atom stereocenters. The van der Waals surface area contributed by atoms with Crippen LogP contribution in [0.25, 0.3) is 0 Å². The Morgan fingerprint density at radius 2 is 1.32 bits per heavy atom. The first-order chi connectivity index (χ1) is 18.4. The molecule has 2 amide bonds. The van der Waals surface area contributed by atoms with Crippen LogP contribution in [0.3, 0.4) is 0 Å². The van der Waals surface area contributed by atoms with E-state index in [1.54, 1.807) is 17.9 Å². The number of carbonyl (C=O) groups excluding carboxylic acids is 2. The molecule has 0 bridgehead atoms. The number of aliphatic hydroxyl groups excluding tert-OH is 1. The van der Waals surface area contributed by atoms with Gasteiger partial charge in [-0.25, -0.2) is 4.98 Å². The Kier molecular flexibility index (Phi) is 7.37. The molecule has 9 heteroatoms. The van der Waals surface area contributed by atoms with Gasteiger partial charge in [0.2, 0.25) is 0 Å². The van der Waals surface area contributed by atoms with Gasteiger partial charge in [-0.15, -0.1) is 0 Å². The minimum atomic E-state index is -0.220. The Balaban J connectivity index is 1.13. The number of aryl methyl sites for hydroxylation is 1. The molecule has 1 aromatic heterocycles. The van der Waals surface area contributed by atoms with Gasteiger partial charge in [0.15, 0.2) is 0 Å². The highest BCUT2D eigenvalue weighted by molar-refractivity contribution is 6.04. The molecule has 1 saturated heterocycles. The van der Waals surface area contributed by atoms with Crippen molar-refractivity contribution in [3.8, 4) is 0 Å². The highest BCUT2D eigenvalue weighted by atomic mass is 16.3. The fourth-order valence-corrected chi connectivity index (χ4v) is 4.36. The number of piperidine rings is 1. The number of hydrogen-bond acceptors (Lipinski definition) is 6. The van der Waals surface area contributed by atoms with Crippen molar-refractivity contribution in [3.05, 3.63) is 96.6 Å². The topological polar surface area (TPSA) is 112 Å². The molecule has 0 spiro atoms. The van der Waals surface area contributed by atoms with Crippen LogP contribution in [0, 0.1) is 0 Å². The quantitative estimate of drug-likeness (QED) is 0.289. The van der Waals surface area contributed by atoms with Crippen LogP contribution in [0.1, 0.15) is 33.7 Å². The lowest BCUT2D eigenvalue weighted by molar-refractivity contribution is 0.101. The van der Waals surface area contributed by atoms with Crippen molar-refractivity contribution in [3.63, 3.8) is 0 Å². The maximum atomic E-state index is 12.7. The molecule has 0 radical (unpaired) electrons. The molecule has 9 nitrogen and oxygen atoms in total. The SMILES string of the molecule is Cn1cncc1C(=O)Nc1ccc(Nc2ccc(NC(=O)c3ccc(N4CCC(O)CC4)cc3)cc2)cc1. The van der Waals surface area contributed by atoms with Crippen LogP contribution in [-0.2, 0) is 7.05 Å². The summed E-state index contributed by atoms with van der Waals surface area (Å²) in [5.74, 6) is -0.392. The number of benzene rings is 3. The summed E-state index contributed by atoms with van der Waals surface area (Å²) >= 11 is 0. The maximum absolute atomic E-state index is 12.7. The monoisotopic (exact) mass is 510 g/mol. The number of aliphatic hydroxyl groups is 1. The van der Waals surface area contributed by atoms with Gasteiger partial charge in [-0.2, -0.15) is 0 Å². The normalized spacial score (nSPS) is 13.7. The van der Waals surface area contributed by atoms with E-state index in [-0.39, 0.29) is 17.9 Å². The Labute approximate surface area is 221 Å². The third-order valence-corrected chi connectivity index (χ3v) is 6.58. The maximum Gasteiger partial charge on any atom is 0.273 e. The second-order valence-electron chi connectivity index (χ2n) is 9.34. The largest absolute Gasteiger partial charge is 0.393 e. The lowest BCUT2D eigenvalue weighted by atomic mass is 10.1. The number of aromatic nitrogens is 2. The number of nitrogens with one attached hydrogen (secondary N) is 3. The van der Waals surface area contributed by atoms with Gasteiger partial charge in [-0.1, -0.05) is 0 Å². The third kappa shape index (κ3) is 6.01. The molecular weight excluding hydrogens is 480 g/mol. The van der Waals surface area contributed by atoms with Crippen molar-refractivity contribution in [1.82, 2.24) is 9.55 Å². The minimum Gasteiger partial charge on any atom is -0.393 e. The molecule has 1 aliphatic rings. The van der Waals surface area contributed by atoms with Gasteiger partial charge in [0.25, 0.3) is 11.8 Å². The first-order valence-corrected chi connectivity index (χ1v) is 12.5. The van der Waals surface area contributed by atoms with E-state index >= 15 is 0 Å². The molecule has 4 N–H and O–H groups in total. The average Bonchev–Trinajstić information content (AvgIpc) is 3.37. The summed E-state index contributed by atoms with van der Waals surface area (Å²) in [6, 6.07) is 22.4. The van der Waals surface area contributed by atoms with Crippen molar-refractivity contribution in [2.45, 2.75) is 18.9 Å². The van der Waals surface area contributed by atoms with E-state index in [2.05, 4.69) is 25.8 Å². The number of amides is 2. The first kappa shape index (κ1) is 25.0. The second kappa shape index (κ2) is 11.2. The van der Waals surface area contributed by atoms with Gasteiger partial charge in [0.1, 0.15) is 5.69 Å². The number of hydrogen-bond donors (Lipinski definition) is 4. The number of imidazole rings is 1. The Bertz CT molecular complexity index is 1390. The minimum absolute atomic E-state index is 0.171. The zero-order valence-electron chi connectivity index (χ0n) is 21.1.